The Morgan fingerprint density at radius 2 is 1.87 bits per heavy atom. The molecule has 1 saturated carbocycles. The largest absolute Gasteiger partial charge is 0.489 e. The van der Waals surface area contributed by atoms with Crippen molar-refractivity contribution < 1.29 is 27.1 Å². The van der Waals surface area contributed by atoms with Crippen LogP contribution in [0.1, 0.15) is 49.8 Å². The summed E-state index contributed by atoms with van der Waals surface area (Å²) in [6.07, 6.45) is 1.57. The number of amides is 1. The summed E-state index contributed by atoms with van der Waals surface area (Å²) < 4.78 is 61.7. The third-order valence-corrected chi connectivity index (χ3v) is 7.98. The molecule has 1 aromatic carbocycles. The fraction of sp³-hybridized carbons (Fsp3) is 0.481. The van der Waals surface area contributed by atoms with E-state index in [1.54, 1.807) is 11.0 Å². The van der Waals surface area contributed by atoms with Crippen molar-refractivity contribution in [1.82, 2.24) is 9.88 Å². The quantitative estimate of drug-likeness (QED) is 0.351. The number of likely N-dealkylation sites (tertiary alicyclic amines) is 1. The average Bonchev–Trinajstić information content (AvgIpc) is 3.40. The summed E-state index contributed by atoms with van der Waals surface area (Å²) in [6, 6.07) is 6.24. The van der Waals surface area contributed by atoms with Gasteiger partial charge in [-0.1, -0.05) is 12.8 Å². The molecule has 7 nitrogen and oxygen atoms in total. The first-order valence-corrected chi connectivity index (χ1v) is 13.4. The molecule has 1 aliphatic carbocycles. The van der Waals surface area contributed by atoms with Gasteiger partial charge in [-0.05, 0) is 69.2 Å². The van der Waals surface area contributed by atoms with Crippen LogP contribution in [-0.2, 0) is 11.0 Å². The van der Waals surface area contributed by atoms with E-state index in [4.69, 9.17) is 22.2 Å². The first-order valence-electron chi connectivity index (χ1n) is 13.0. The topological polar surface area (TPSA) is 72.7 Å². The molecule has 0 N–H and O–H groups in total. The molecule has 0 radical (unpaired) electrons. The van der Waals surface area contributed by atoms with E-state index >= 15 is 4.39 Å². The van der Waals surface area contributed by atoms with Gasteiger partial charge in [0.05, 0.1) is 23.4 Å². The fourth-order valence-electron chi connectivity index (χ4n) is 5.69. The number of fused-ring (bicyclic) bond motifs is 1. The normalized spacial score (nSPS) is 22.1. The molecule has 39 heavy (non-hydrogen) atoms. The lowest BCUT2D eigenvalue weighted by Crippen LogP contribution is -2.60. The SMILES string of the molecule is N#Cc1ncc(N2C(=O)C3CCCC3N(c3ccc(OCCN4CCCCC4)c(F)c3)C2=S)cc1C(F)(F)F. The number of carbonyl (C=O) groups is 1. The number of hydrogen-bond donors (Lipinski definition) is 0. The maximum atomic E-state index is 15.2. The Kier molecular flexibility index (Phi) is 7.73. The number of pyridine rings is 1. The van der Waals surface area contributed by atoms with Gasteiger partial charge in [-0.2, -0.15) is 18.4 Å². The molecule has 5 rings (SSSR count). The lowest BCUT2D eigenvalue weighted by atomic mass is 9.96. The summed E-state index contributed by atoms with van der Waals surface area (Å²) in [4.78, 5) is 22.0. The fourth-order valence-corrected chi connectivity index (χ4v) is 6.13. The van der Waals surface area contributed by atoms with Gasteiger partial charge in [0.15, 0.2) is 22.4 Å². The van der Waals surface area contributed by atoms with Crippen LogP contribution in [0.4, 0.5) is 28.9 Å². The number of ether oxygens (including phenoxy) is 1. The Morgan fingerprint density at radius 3 is 2.56 bits per heavy atom. The number of aromatic nitrogens is 1. The van der Waals surface area contributed by atoms with Crippen molar-refractivity contribution in [3.05, 3.63) is 47.5 Å². The van der Waals surface area contributed by atoms with Gasteiger partial charge in [0.1, 0.15) is 12.7 Å². The lowest BCUT2D eigenvalue weighted by molar-refractivity contribution is -0.138. The summed E-state index contributed by atoms with van der Waals surface area (Å²) in [5, 5.41) is 9.03. The van der Waals surface area contributed by atoms with E-state index in [1.807, 2.05) is 0 Å². The van der Waals surface area contributed by atoms with Crippen LogP contribution >= 0.6 is 12.2 Å². The second kappa shape index (κ2) is 11.1. The molecule has 3 aliphatic rings. The van der Waals surface area contributed by atoms with Crippen molar-refractivity contribution in [2.24, 2.45) is 5.92 Å². The number of halogens is 4. The maximum Gasteiger partial charge on any atom is 0.419 e. The highest BCUT2D eigenvalue weighted by Crippen LogP contribution is 2.42. The van der Waals surface area contributed by atoms with Gasteiger partial charge in [0, 0.05) is 24.3 Å². The van der Waals surface area contributed by atoms with Crippen LogP contribution in [0, 0.1) is 23.1 Å². The first-order chi connectivity index (χ1) is 18.7. The Hall–Kier alpha value is -3.30. The predicted molar refractivity (Wildman–Crippen MR) is 140 cm³/mol. The van der Waals surface area contributed by atoms with Crippen LogP contribution in [0.2, 0.25) is 0 Å². The van der Waals surface area contributed by atoms with E-state index in [-0.39, 0.29) is 22.6 Å². The van der Waals surface area contributed by atoms with Gasteiger partial charge < -0.3 is 9.64 Å². The number of alkyl halides is 3. The van der Waals surface area contributed by atoms with Gasteiger partial charge in [0.25, 0.3) is 0 Å². The Labute approximate surface area is 228 Å². The number of piperidine rings is 1. The number of rotatable bonds is 6. The highest BCUT2D eigenvalue weighted by atomic mass is 32.1. The Bertz CT molecular complexity index is 1310. The molecular formula is C27H27F4N5O2S. The van der Waals surface area contributed by atoms with E-state index < -0.39 is 35.1 Å². The minimum absolute atomic E-state index is 0.0686. The summed E-state index contributed by atoms with van der Waals surface area (Å²) in [5.41, 5.74) is -1.86. The molecule has 2 aromatic rings. The van der Waals surface area contributed by atoms with Gasteiger partial charge >= 0.3 is 6.18 Å². The molecule has 2 saturated heterocycles. The van der Waals surface area contributed by atoms with E-state index in [9.17, 15) is 18.0 Å². The van der Waals surface area contributed by atoms with Crippen molar-refractivity contribution in [3.63, 3.8) is 0 Å². The third-order valence-electron chi connectivity index (χ3n) is 7.60. The van der Waals surface area contributed by atoms with Crippen molar-refractivity contribution in [2.75, 3.05) is 36.0 Å². The maximum absolute atomic E-state index is 15.2. The highest BCUT2D eigenvalue weighted by molar-refractivity contribution is 7.81. The van der Waals surface area contributed by atoms with E-state index in [0.29, 0.717) is 44.2 Å². The van der Waals surface area contributed by atoms with Crippen LogP contribution in [0.25, 0.3) is 0 Å². The number of anilines is 2. The van der Waals surface area contributed by atoms with Crippen LogP contribution < -0.4 is 14.5 Å². The minimum atomic E-state index is -4.85. The van der Waals surface area contributed by atoms with E-state index in [1.165, 1.54) is 24.6 Å². The Balaban J connectivity index is 1.41. The van der Waals surface area contributed by atoms with Crippen molar-refractivity contribution in [2.45, 2.75) is 50.7 Å². The number of hydrogen-bond acceptors (Lipinski definition) is 6. The molecule has 2 unspecified atom stereocenters. The molecule has 1 amide bonds. The van der Waals surface area contributed by atoms with Gasteiger partial charge in [-0.25, -0.2) is 9.37 Å². The Morgan fingerprint density at radius 1 is 1.10 bits per heavy atom. The molecule has 0 spiro atoms. The van der Waals surface area contributed by atoms with Crippen molar-refractivity contribution in [1.29, 1.82) is 5.26 Å². The number of benzene rings is 1. The average molecular weight is 562 g/mol. The summed E-state index contributed by atoms with van der Waals surface area (Å²) in [7, 11) is 0. The predicted octanol–water partition coefficient (Wildman–Crippen LogP) is 5.28. The second-order valence-corrected chi connectivity index (χ2v) is 10.4. The minimum Gasteiger partial charge on any atom is -0.489 e. The van der Waals surface area contributed by atoms with Crippen LogP contribution in [0.15, 0.2) is 30.5 Å². The zero-order valence-electron chi connectivity index (χ0n) is 21.1. The summed E-state index contributed by atoms with van der Waals surface area (Å²) >= 11 is 5.63. The molecule has 12 heteroatoms. The molecular weight excluding hydrogens is 534 g/mol. The standard InChI is InChI=1S/C27H27F4N5O2S/c28-21-14-17(7-8-24(21)38-12-11-34-9-2-1-3-10-34)35-23-6-4-5-19(23)25(37)36(26(35)39)18-13-20(27(29,30)31)22(15-32)33-16-18/h7-8,13-14,16,19,23H,1-6,9-12H2. The van der Waals surface area contributed by atoms with Crippen LogP contribution in [0.5, 0.6) is 5.75 Å². The number of carbonyl (C=O) groups excluding carboxylic acids is 1. The van der Waals surface area contributed by atoms with E-state index in [0.717, 1.165) is 37.0 Å². The summed E-state index contributed by atoms with van der Waals surface area (Å²) in [6.45, 7) is 3.07. The van der Waals surface area contributed by atoms with Crippen molar-refractivity contribution in [3.8, 4) is 11.8 Å². The highest BCUT2D eigenvalue weighted by Gasteiger charge is 2.48. The summed E-state index contributed by atoms with van der Waals surface area (Å²) in [5.74, 6) is -1.46. The molecule has 0 bridgehead atoms. The van der Waals surface area contributed by atoms with Gasteiger partial charge in [0.2, 0.25) is 5.91 Å². The number of nitrogens with zero attached hydrogens (tertiary/aromatic N) is 5. The van der Waals surface area contributed by atoms with E-state index in [2.05, 4.69) is 9.88 Å². The molecule has 3 heterocycles. The second-order valence-electron chi connectivity index (χ2n) is 10.00. The lowest BCUT2D eigenvalue weighted by Gasteiger charge is -2.44. The molecule has 2 aliphatic heterocycles. The molecule has 206 valence electrons. The third kappa shape index (κ3) is 5.43. The molecule has 2 atom stereocenters. The van der Waals surface area contributed by atoms with Crippen LogP contribution in [0.3, 0.4) is 0 Å². The zero-order chi connectivity index (χ0) is 27.7. The van der Waals surface area contributed by atoms with Crippen molar-refractivity contribution >= 4 is 34.6 Å². The molecule has 1 aromatic heterocycles. The van der Waals surface area contributed by atoms with Crippen LogP contribution in [-0.4, -0.2) is 53.2 Å². The zero-order valence-corrected chi connectivity index (χ0v) is 21.9. The van der Waals surface area contributed by atoms with Gasteiger partial charge in [-0.15, -0.1) is 0 Å². The first kappa shape index (κ1) is 27.3. The van der Waals surface area contributed by atoms with Gasteiger partial charge in [-0.3, -0.25) is 14.6 Å². The number of thiocarbonyl (C=S) groups is 1. The molecule has 3 fully saturated rings. The smallest absolute Gasteiger partial charge is 0.419 e. The monoisotopic (exact) mass is 561 g/mol. The number of nitriles is 1.